The number of ether oxygens (including phenoxy) is 1. The van der Waals surface area contributed by atoms with Crippen molar-refractivity contribution in [3.63, 3.8) is 0 Å². The first-order valence-electron chi connectivity index (χ1n) is 6.13. The highest BCUT2D eigenvalue weighted by molar-refractivity contribution is 9.11. The van der Waals surface area contributed by atoms with Gasteiger partial charge >= 0.3 is 0 Å². The first-order chi connectivity index (χ1) is 9.10. The molecule has 0 radical (unpaired) electrons. The summed E-state index contributed by atoms with van der Waals surface area (Å²) in [5.74, 6) is 0.866. The lowest BCUT2D eigenvalue weighted by Gasteiger charge is -2.13. The van der Waals surface area contributed by atoms with Crippen molar-refractivity contribution in [2.24, 2.45) is 0 Å². The van der Waals surface area contributed by atoms with Gasteiger partial charge in [-0.05, 0) is 36.6 Å². The third kappa shape index (κ3) is 3.83. The fourth-order valence-electron chi connectivity index (χ4n) is 1.93. The SMILES string of the molecule is COc1ccc(C(Br)Cc2ccc(C)cc2)c(Br)c1. The van der Waals surface area contributed by atoms with Crippen LogP contribution in [-0.2, 0) is 6.42 Å². The van der Waals surface area contributed by atoms with Crippen LogP contribution in [0.5, 0.6) is 5.75 Å². The molecule has 1 nitrogen and oxygen atoms in total. The zero-order valence-electron chi connectivity index (χ0n) is 11.0. The van der Waals surface area contributed by atoms with Gasteiger partial charge in [0.05, 0.1) is 7.11 Å². The second-order valence-corrected chi connectivity index (χ2v) is 6.50. The number of halogens is 2. The molecule has 3 heteroatoms. The monoisotopic (exact) mass is 382 g/mol. The highest BCUT2D eigenvalue weighted by atomic mass is 79.9. The van der Waals surface area contributed by atoms with E-state index in [1.165, 1.54) is 16.7 Å². The van der Waals surface area contributed by atoms with E-state index >= 15 is 0 Å². The Morgan fingerprint density at radius 2 is 1.79 bits per heavy atom. The molecule has 0 saturated heterocycles. The van der Waals surface area contributed by atoms with Crippen molar-refractivity contribution >= 4 is 31.9 Å². The van der Waals surface area contributed by atoms with Crippen molar-refractivity contribution in [3.05, 3.63) is 63.6 Å². The van der Waals surface area contributed by atoms with Crippen LogP contribution in [0.4, 0.5) is 0 Å². The molecule has 0 spiro atoms. The fourth-order valence-corrected chi connectivity index (χ4v) is 3.64. The highest BCUT2D eigenvalue weighted by Crippen LogP contribution is 2.34. The van der Waals surface area contributed by atoms with E-state index in [4.69, 9.17) is 4.74 Å². The van der Waals surface area contributed by atoms with E-state index < -0.39 is 0 Å². The molecule has 0 heterocycles. The summed E-state index contributed by atoms with van der Waals surface area (Å²) in [6.07, 6.45) is 0.964. The molecule has 0 bridgehead atoms. The van der Waals surface area contributed by atoms with Crippen LogP contribution in [-0.4, -0.2) is 7.11 Å². The van der Waals surface area contributed by atoms with E-state index in [1.54, 1.807) is 7.11 Å². The van der Waals surface area contributed by atoms with Crippen LogP contribution >= 0.6 is 31.9 Å². The predicted octanol–water partition coefficient (Wildman–Crippen LogP) is 5.44. The molecule has 2 aromatic carbocycles. The summed E-state index contributed by atoms with van der Waals surface area (Å²) in [7, 11) is 1.68. The lowest BCUT2D eigenvalue weighted by molar-refractivity contribution is 0.414. The van der Waals surface area contributed by atoms with Crippen molar-refractivity contribution in [2.45, 2.75) is 18.2 Å². The molecule has 2 rings (SSSR count). The van der Waals surface area contributed by atoms with Crippen LogP contribution in [0.25, 0.3) is 0 Å². The molecule has 0 saturated carbocycles. The Labute approximate surface area is 131 Å². The minimum atomic E-state index is 0.287. The van der Waals surface area contributed by atoms with E-state index in [9.17, 15) is 0 Å². The normalized spacial score (nSPS) is 12.2. The minimum absolute atomic E-state index is 0.287. The van der Waals surface area contributed by atoms with Crippen LogP contribution < -0.4 is 4.74 Å². The van der Waals surface area contributed by atoms with Gasteiger partial charge in [-0.15, -0.1) is 0 Å². The Balaban J connectivity index is 2.15. The first kappa shape index (κ1) is 14.6. The largest absolute Gasteiger partial charge is 0.497 e. The summed E-state index contributed by atoms with van der Waals surface area (Å²) in [4.78, 5) is 0.287. The minimum Gasteiger partial charge on any atom is -0.497 e. The maximum absolute atomic E-state index is 5.22. The van der Waals surface area contributed by atoms with Gasteiger partial charge in [0, 0.05) is 9.30 Å². The number of benzene rings is 2. The quantitative estimate of drug-likeness (QED) is 0.638. The Hall–Kier alpha value is -0.800. The molecule has 2 aromatic rings. The molecule has 0 aliphatic carbocycles. The summed E-state index contributed by atoms with van der Waals surface area (Å²) < 4.78 is 6.29. The van der Waals surface area contributed by atoms with E-state index in [0.717, 1.165) is 16.6 Å². The Bertz CT molecular complexity index is 549. The maximum atomic E-state index is 5.22. The third-order valence-corrected chi connectivity index (χ3v) is 4.58. The lowest BCUT2D eigenvalue weighted by Crippen LogP contribution is -1.97. The van der Waals surface area contributed by atoms with E-state index in [0.29, 0.717) is 0 Å². The second-order valence-electron chi connectivity index (χ2n) is 4.54. The van der Waals surface area contributed by atoms with Gasteiger partial charge in [-0.25, -0.2) is 0 Å². The van der Waals surface area contributed by atoms with Gasteiger partial charge in [0.1, 0.15) is 5.75 Å². The summed E-state index contributed by atoms with van der Waals surface area (Å²) in [6, 6.07) is 14.7. The number of hydrogen-bond acceptors (Lipinski definition) is 1. The Morgan fingerprint density at radius 3 is 2.37 bits per heavy atom. The van der Waals surface area contributed by atoms with Gasteiger partial charge in [-0.1, -0.05) is 67.8 Å². The van der Waals surface area contributed by atoms with Gasteiger partial charge in [-0.3, -0.25) is 0 Å². The fraction of sp³-hybridized carbons (Fsp3) is 0.250. The summed E-state index contributed by atoms with van der Waals surface area (Å²) in [5.41, 5.74) is 3.86. The molecule has 0 N–H and O–H groups in total. The van der Waals surface area contributed by atoms with Crippen LogP contribution in [0.15, 0.2) is 46.9 Å². The maximum Gasteiger partial charge on any atom is 0.120 e. The molecule has 0 aliphatic rings. The average Bonchev–Trinajstić information content (AvgIpc) is 2.41. The number of aryl methyl sites for hydroxylation is 1. The summed E-state index contributed by atoms with van der Waals surface area (Å²) in [6.45, 7) is 2.11. The third-order valence-electron chi connectivity index (χ3n) is 3.08. The topological polar surface area (TPSA) is 9.23 Å². The van der Waals surface area contributed by atoms with Gasteiger partial charge in [0.15, 0.2) is 0 Å². The smallest absolute Gasteiger partial charge is 0.120 e. The van der Waals surface area contributed by atoms with Crippen molar-refractivity contribution in [3.8, 4) is 5.75 Å². The molecule has 1 unspecified atom stereocenters. The van der Waals surface area contributed by atoms with Crippen LogP contribution in [0.3, 0.4) is 0 Å². The van der Waals surface area contributed by atoms with Gasteiger partial charge in [-0.2, -0.15) is 0 Å². The number of methoxy groups -OCH3 is 1. The van der Waals surface area contributed by atoms with E-state index in [2.05, 4.69) is 69.1 Å². The molecule has 0 aliphatic heterocycles. The summed E-state index contributed by atoms with van der Waals surface area (Å²) >= 11 is 7.37. The molecule has 0 aromatic heterocycles. The molecule has 1 atom stereocenters. The Kier molecular flexibility index (Phi) is 5.06. The van der Waals surface area contributed by atoms with Crippen LogP contribution in [0.2, 0.25) is 0 Å². The van der Waals surface area contributed by atoms with Crippen LogP contribution in [0, 0.1) is 6.92 Å². The zero-order chi connectivity index (χ0) is 13.8. The first-order valence-corrected chi connectivity index (χ1v) is 7.84. The van der Waals surface area contributed by atoms with Gasteiger partial charge < -0.3 is 4.74 Å². The van der Waals surface area contributed by atoms with E-state index in [-0.39, 0.29) is 4.83 Å². The van der Waals surface area contributed by atoms with Gasteiger partial charge in [0.2, 0.25) is 0 Å². The lowest BCUT2D eigenvalue weighted by atomic mass is 10.0. The molecular formula is C16H16Br2O. The molecule has 0 amide bonds. The zero-order valence-corrected chi connectivity index (χ0v) is 14.2. The van der Waals surface area contributed by atoms with Crippen LogP contribution in [0.1, 0.15) is 21.5 Å². The van der Waals surface area contributed by atoms with Crippen molar-refractivity contribution < 1.29 is 4.74 Å². The predicted molar refractivity (Wildman–Crippen MR) is 87.2 cm³/mol. The standard InChI is InChI=1S/C16H16Br2O/c1-11-3-5-12(6-4-11)9-15(17)14-8-7-13(19-2)10-16(14)18/h3-8,10,15H,9H2,1-2H3. The number of hydrogen-bond donors (Lipinski definition) is 0. The van der Waals surface area contributed by atoms with Crippen molar-refractivity contribution in [2.75, 3.05) is 7.11 Å². The molecule has 100 valence electrons. The number of rotatable bonds is 4. The molecule has 0 fully saturated rings. The number of alkyl halides is 1. The Morgan fingerprint density at radius 1 is 1.11 bits per heavy atom. The second kappa shape index (κ2) is 6.58. The van der Waals surface area contributed by atoms with Crippen molar-refractivity contribution in [1.82, 2.24) is 0 Å². The summed E-state index contributed by atoms with van der Waals surface area (Å²) in [5, 5.41) is 0. The van der Waals surface area contributed by atoms with E-state index in [1.807, 2.05) is 12.1 Å². The molecule has 19 heavy (non-hydrogen) atoms. The van der Waals surface area contributed by atoms with Crippen molar-refractivity contribution in [1.29, 1.82) is 0 Å². The average molecular weight is 384 g/mol. The molecular weight excluding hydrogens is 368 g/mol. The highest BCUT2D eigenvalue weighted by Gasteiger charge is 2.12. The van der Waals surface area contributed by atoms with Gasteiger partial charge in [0.25, 0.3) is 0 Å².